The number of alkyl halides is 3. The normalized spacial score (nSPS) is 23.8. The van der Waals surface area contributed by atoms with E-state index in [9.17, 15) is 13.2 Å². The molecule has 0 atom stereocenters. The van der Waals surface area contributed by atoms with Gasteiger partial charge in [0.1, 0.15) is 0 Å². The number of hydrogen-bond donors (Lipinski definition) is 1. The molecule has 2 N–H and O–H groups in total. The van der Waals surface area contributed by atoms with Crippen LogP contribution in [0, 0.1) is 0 Å². The number of rotatable bonds is 2. The topological polar surface area (TPSA) is 29.3 Å². The quantitative estimate of drug-likeness (QED) is 0.689. The van der Waals surface area contributed by atoms with Gasteiger partial charge in [-0.15, -0.1) is 0 Å². The van der Waals surface area contributed by atoms with Gasteiger partial charge >= 0.3 is 6.18 Å². The van der Waals surface area contributed by atoms with Crippen LogP contribution in [-0.4, -0.2) is 36.2 Å². The molecule has 0 aliphatic carbocycles. The molecule has 1 aliphatic rings. The maximum Gasteiger partial charge on any atom is 0.390 e. The zero-order chi connectivity index (χ0) is 9.41. The molecule has 0 aromatic heterocycles. The first kappa shape index (κ1) is 9.80. The molecule has 0 aromatic rings. The molecule has 0 unspecified atom stereocenters. The highest BCUT2D eigenvalue weighted by Crippen LogP contribution is 2.23. The summed E-state index contributed by atoms with van der Waals surface area (Å²) < 4.78 is 35.1. The van der Waals surface area contributed by atoms with Gasteiger partial charge in [-0.1, -0.05) is 0 Å². The van der Waals surface area contributed by atoms with Crippen LogP contribution in [0.1, 0.15) is 13.3 Å². The van der Waals surface area contributed by atoms with E-state index in [-0.39, 0.29) is 12.1 Å². The van der Waals surface area contributed by atoms with Crippen molar-refractivity contribution in [2.45, 2.75) is 25.1 Å². The fourth-order valence-electron chi connectivity index (χ4n) is 1.42. The molecule has 2 nitrogen and oxygen atoms in total. The molecule has 72 valence electrons. The highest BCUT2D eigenvalue weighted by atomic mass is 19.4. The Balaban J connectivity index is 2.12. The van der Waals surface area contributed by atoms with Crippen molar-refractivity contribution in [3.8, 4) is 0 Å². The number of nitrogens with zero attached hydrogens (tertiary/aromatic N) is 1. The predicted molar refractivity (Wildman–Crippen MR) is 39.7 cm³/mol. The molecule has 0 radical (unpaired) electrons. The van der Waals surface area contributed by atoms with Gasteiger partial charge in [0.15, 0.2) is 0 Å². The average Bonchev–Trinajstić information content (AvgIpc) is 1.76. The van der Waals surface area contributed by atoms with E-state index in [2.05, 4.69) is 0 Å². The van der Waals surface area contributed by atoms with Crippen LogP contribution in [0.4, 0.5) is 13.2 Å². The number of hydrogen-bond acceptors (Lipinski definition) is 2. The first-order valence-corrected chi connectivity index (χ1v) is 3.86. The second-order valence-electron chi connectivity index (χ2n) is 3.73. The third kappa shape index (κ3) is 2.98. The fraction of sp³-hybridized carbons (Fsp3) is 1.00. The largest absolute Gasteiger partial charge is 0.390 e. The van der Waals surface area contributed by atoms with Gasteiger partial charge in [-0.25, -0.2) is 0 Å². The van der Waals surface area contributed by atoms with E-state index in [0.717, 1.165) is 0 Å². The second-order valence-corrected chi connectivity index (χ2v) is 3.73. The summed E-state index contributed by atoms with van der Waals surface area (Å²) in [6, 6.07) is 0. The van der Waals surface area contributed by atoms with Crippen LogP contribution in [0.3, 0.4) is 0 Å². The summed E-state index contributed by atoms with van der Waals surface area (Å²) in [6.07, 6.45) is -4.77. The van der Waals surface area contributed by atoms with Crippen molar-refractivity contribution in [2.75, 3.05) is 19.6 Å². The van der Waals surface area contributed by atoms with Gasteiger partial charge in [0, 0.05) is 25.2 Å². The summed E-state index contributed by atoms with van der Waals surface area (Å²) in [5, 5.41) is 0. The van der Waals surface area contributed by atoms with E-state index < -0.39 is 12.6 Å². The Bertz CT molecular complexity index is 157. The standard InChI is InChI=1S/C7H13F3N2/c1-6(11)4-12(5-6)3-2-7(8,9)10/h2-5,11H2,1H3. The molecular formula is C7H13F3N2. The summed E-state index contributed by atoms with van der Waals surface area (Å²) in [4.78, 5) is 1.72. The number of halogens is 3. The summed E-state index contributed by atoms with van der Waals surface area (Å²) in [5.41, 5.74) is 5.36. The molecule has 0 amide bonds. The number of likely N-dealkylation sites (tertiary alicyclic amines) is 1. The third-order valence-corrected chi connectivity index (χ3v) is 1.88. The van der Waals surface area contributed by atoms with Crippen molar-refractivity contribution in [2.24, 2.45) is 5.73 Å². The molecule has 12 heavy (non-hydrogen) atoms. The Hall–Kier alpha value is -0.290. The smallest absolute Gasteiger partial charge is 0.323 e. The van der Waals surface area contributed by atoms with Crippen LogP contribution in [0.2, 0.25) is 0 Å². The van der Waals surface area contributed by atoms with Crippen LogP contribution in [-0.2, 0) is 0 Å². The zero-order valence-corrected chi connectivity index (χ0v) is 6.99. The lowest BCUT2D eigenvalue weighted by molar-refractivity contribution is -0.141. The molecule has 0 spiro atoms. The van der Waals surface area contributed by atoms with E-state index in [1.807, 2.05) is 6.92 Å². The van der Waals surface area contributed by atoms with Crippen LogP contribution in [0.5, 0.6) is 0 Å². The van der Waals surface area contributed by atoms with Crippen LogP contribution < -0.4 is 5.73 Å². The monoisotopic (exact) mass is 182 g/mol. The van der Waals surface area contributed by atoms with E-state index in [1.165, 1.54) is 0 Å². The van der Waals surface area contributed by atoms with Crippen molar-refractivity contribution in [3.63, 3.8) is 0 Å². The molecule has 0 aromatic carbocycles. The van der Waals surface area contributed by atoms with Gasteiger partial charge in [-0.3, -0.25) is 4.90 Å². The Morgan fingerprint density at radius 2 is 1.92 bits per heavy atom. The van der Waals surface area contributed by atoms with E-state index >= 15 is 0 Å². The molecule has 1 rings (SSSR count). The average molecular weight is 182 g/mol. The maximum atomic E-state index is 11.7. The highest BCUT2D eigenvalue weighted by molar-refractivity contribution is 4.95. The fourth-order valence-corrected chi connectivity index (χ4v) is 1.42. The lowest BCUT2D eigenvalue weighted by Crippen LogP contribution is -2.65. The first-order chi connectivity index (χ1) is 5.29. The third-order valence-electron chi connectivity index (χ3n) is 1.88. The Morgan fingerprint density at radius 1 is 1.42 bits per heavy atom. The summed E-state index contributed by atoms with van der Waals surface area (Å²) >= 11 is 0. The van der Waals surface area contributed by atoms with Crippen molar-refractivity contribution in [1.29, 1.82) is 0 Å². The second kappa shape index (κ2) is 2.88. The van der Waals surface area contributed by atoms with Gasteiger partial charge in [-0.2, -0.15) is 13.2 Å². The number of nitrogens with two attached hydrogens (primary N) is 1. The minimum atomic E-state index is -4.04. The molecule has 1 fully saturated rings. The minimum Gasteiger partial charge on any atom is -0.323 e. The molecular weight excluding hydrogens is 169 g/mol. The maximum absolute atomic E-state index is 11.7. The Morgan fingerprint density at radius 3 is 2.25 bits per heavy atom. The lowest BCUT2D eigenvalue weighted by Gasteiger charge is -2.45. The molecule has 5 heteroatoms. The van der Waals surface area contributed by atoms with Gasteiger partial charge < -0.3 is 5.73 Å². The van der Waals surface area contributed by atoms with Gasteiger partial charge in [0.05, 0.1) is 6.42 Å². The summed E-state index contributed by atoms with van der Waals surface area (Å²) in [6.45, 7) is 3.07. The summed E-state index contributed by atoms with van der Waals surface area (Å²) in [7, 11) is 0. The van der Waals surface area contributed by atoms with Crippen LogP contribution in [0.15, 0.2) is 0 Å². The SMILES string of the molecule is CC1(N)CN(CCC(F)(F)F)C1. The van der Waals surface area contributed by atoms with E-state index in [0.29, 0.717) is 13.1 Å². The van der Waals surface area contributed by atoms with Gasteiger partial charge in [0.2, 0.25) is 0 Å². The van der Waals surface area contributed by atoms with Crippen LogP contribution >= 0.6 is 0 Å². The molecule has 1 saturated heterocycles. The Kier molecular flexibility index (Phi) is 2.35. The van der Waals surface area contributed by atoms with Crippen LogP contribution in [0.25, 0.3) is 0 Å². The van der Waals surface area contributed by atoms with Gasteiger partial charge in [0.25, 0.3) is 0 Å². The molecule has 1 aliphatic heterocycles. The molecule has 1 heterocycles. The zero-order valence-electron chi connectivity index (χ0n) is 6.99. The van der Waals surface area contributed by atoms with Gasteiger partial charge in [-0.05, 0) is 6.92 Å². The summed E-state index contributed by atoms with van der Waals surface area (Å²) in [5.74, 6) is 0. The van der Waals surface area contributed by atoms with Crippen molar-refractivity contribution in [3.05, 3.63) is 0 Å². The lowest BCUT2D eigenvalue weighted by atomic mass is 9.94. The highest BCUT2D eigenvalue weighted by Gasteiger charge is 2.37. The predicted octanol–water partition coefficient (Wildman–Crippen LogP) is 0.972. The van der Waals surface area contributed by atoms with Crippen molar-refractivity contribution < 1.29 is 13.2 Å². The van der Waals surface area contributed by atoms with E-state index in [4.69, 9.17) is 5.73 Å². The molecule has 0 saturated carbocycles. The molecule has 0 bridgehead atoms. The first-order valence-electron chi connectivity index (χ1n) is 3.86. The van der Waals surface area contributed by atoms with Crippen molar-refractivity contribution >= 4 is 0 Å². The Labute approximate surface area is 69.5 Å². The van der Waals surface area contributed by atoms with E-state index in [1.54, 1.807) is 4.90 Å². The minimum absolute atomic E-state index is 0.0797. The van der Waals surface area contributed by atoms with Crippen molar-refractivity contribution in [1.82, 2.24) is 4.90 Å².